The van der Waals surface area contributed by atoms with Crippen molar-refractivity contribution in [2.75, 3.05) is 11.9 Å². The van der Waals surface area contributed by atoms with Crippen LogP contribution in [0.5, 0.6) is 5.75 Å². The molecule has 0 radical (unpaired) electrons. The van der Waals surface area contributed by atoms with Gasteiger partial charge >= 0.3 is 0 Å². The largest absolute Gasteiger partial charge is 0.486 e. The van der Waals surface area contributed by atoms with Gasteiger partial charge in [-0.15, -0.1) is 10.2 Å². The Morgan fingerprint density at radius 3 is 2.76 bits per heavy atom. The second-order valence-corrected chi connectivity index (χ2v) is 5.88. The van der Waals surface area contributed by atoms with Crippen molar-refractivity contribution in [3.63, 3.8) is 0 Å². The molecular weight excluding hydrogens is 306 g/mol. The third-order valence-corrected chi connectivity index (χ3v) is 4.16. The molecule has 0 fully saturated rings. The number of nitrogens with one attached hydrogen (secondary N) is 1. The van der Waals surface area contributed by atoms with Gasteiger partial charge in [0, 0.05) is 22.3 Å². The first-order valence-electron chi connectivity index (χ1n) is 6.64. The Balaban J connectivity index is 1.80. The van der Waals surface area contributed by atoms with Crippen molar-refractivity contribution in [3.8, 4) is 5.75 Å². The number of rotatable bonds is 5. The molecule has 0 aliphatic carbocycles. The standard InChI is InChI=1S/C15H14ClN3OS/c1-2-17-15-19-18-14(21-15)9-20-13-8-7-12(16)10-5-3-4-6-11(10)13/h3-8H,2,9H2,1H3,(H,17,19). The van der Waals surface area contributed by atoms with E-state index < -0.39 is 0 Å². The zero-order chi connectivity index (χ0) is 14.7. The van der Waals surface area contributed by atoms with Gasteiger partial charge in [0.05, 0.1) is 0 Å². The Morgan fingerprint density at radius 1 is 1.14 bits per heavy atom. The van der Waals surface area contributed by atoms with Crippen molar-refractivity contribution in [2.45, 2.75) is 13.5 Å². The van der Waals surface area contributed by atoms with Crippen molar-refractivity contribution in [1.29, 1.82) is 0 Å². The summed E-state index contributed by atoms with van der Waals surface area (Å²) in [6.07, 6.45) is 0. The molecule has 1 aromatic heterocycles. The van der Waals surface area contributed by atoms with E-state index in [0.29, 0.717) is 6.61 Å². The molecule has 0 spiro atoms. The van der Waals surface area contributed by atoms with Crippen molar-refractivity contribution < 1.29 is 4.74 Å². The number of nitrogens with zero attached hydrogens (tertiary/aromatic N) is 2. The fraction of sp³-hybridized carbons (Fsp3) is 0.200. The molecule has 0 unspecified atom stereocenters. The Bertz CT molecular complexity index is 760. The molecule has 1 heterocycles. The van der Waals surface area contributed by atoms with Crippen molar-refractivity contribution in [1.82, 2.24) is 10.2 Å². The molecule has 21 heavy (non-hydrogen) atoms. The molecule has 3 aromatic rings. The molecule has 0 aliphatic heterocycles. The number of fused-ring (bicyclic) bond motifs is 1. The summed E-state index contributed by atoms with van der Waals surface area (Å²) in [4.78, 5) is 0. The second-order valence-electron chi connectivity index (χ2n) is 4.41. The van der Waals surface area contributed by atoms with Crippen LogP contribution in [-0.4, -0.2) is 16.7 Å². The minimum Gasteiger partial charge on any atom is -0.486 e. The van der Waals surface area contributed by atoms with Crippen LogP contribution >= 0.6 is 22.9 Å². The van der Waals surface area contributed by atoms with Gasteiger partial charge in [-0.25, -0.2) is 0 Å². The molecule has 108 valence electrons. The van der Waals surface area contributed by atoms with E-state index in [1.54, 1.807) is 0 Å². The number of benzene rings is 2. The lowest BCUT2D eigenvalue weighted by Crippen LogP contribution is -1.95. The molecule has 3 rings (SSSR count). The number of hydrogen-bond donors (Lipinski definition) is 1. The number of ether oxygens (including phenoxy) is 1. The smallest absolute Gasteiger partial charge is 0.205 e. The van der Waals surface area contributed by atoms with Crippen LogP contribution in [0.1, 0.15) is 11.9 Å². The Labute approximate surface area is 131 Å². The van der Waals surface area contributed by atoms with Gasteiger partial charge in [-0.1, -0.05) is 47.2 Å². The van der Waals surface area contributed by atoms with Gasteiger partial charge in [-0.3, -0.25) is 0 Å². The summed E-state index contributed by atoms with van der Waals surface area (Å²) in [7, 11) is 0. The maximum absolute atomic E-state index is 6.20. The summed E-state index contributed by atoms with van der Waals surface area (Å²) in [5.41, 5.74) is 0. The average Bonchev–Trinajstić information content (AvgIpc) is 2.95. The zero-order valence-electron chi connectivity index (χ0n) is 11.5. The molecular formula is C15H14ClN3OS. The molecule has 1 N–H and O–H groups in total. The van der Waals surface area contributed by atoms with Gasteiger partial charge in [-0.2, -0.15) is 0 Å². The van der Waals surface area contributed by atoms with Crippen molar-refractivity contribution in [3.05, 3.63) is 46.4 Å². The lowest BCUT2D eigenvalue weighted by Gasteiger charge is -2.08. The van der Waals surface area contributed by atoms with Crippen molar-refractivity contribution in [2.24, 2.45) is 0 Å². The van der Waals surface area contributed by atoms with Gasteiger partial charge in [0.15, 0.2) is 5.01 Å². The predicted molar refractivity (Wildman–Crippen MR) is 87.4 cm³/mol. The van der Waals surface area contributed by atoms with Gasteiger partial charge in [0.25, 0.3) is 0 Å². The normalized spacial score (nSPS) is 10.8. The summed E-state index contributed by atoms with van der Waals surface area (Å²) in [6, 6.07) is 11.7. The van der Waals surface area contributed by atoms with E-state index in [-0.39, 0.29) is 0 Å². The van der Waals surface area contributed by atoms with Crippen LogP contribution in [0.2, 0.25) is 5.02 Å². The van der Waals surface area contributed by atoms with Crippen LogP contribution < -0.4 is 10.1 Å². The van der Waals surface area contributed by atoms with E-state index in [4.69, 9.17) is 16.3 Å². The van der Waals surface area contributed by atoms with E-state index in [0.717, 1.165) is 38.2 Å². The summed E-state index contributed by atoms with van der Waals surface area (Å²) < 4.78 is 5.87. The third-order valence-electron chi connectivity index (χ3n) is 2.98. The number of anilines is 1. The Hall–Kier alpha value is -1.85. The summed E-state index contributed by atoms with van der Waals surface area (Å²) in [5.74, 6) is 0.801. The number of hydrogen-bond acceptors (Lipinski definition) is 5. The minimum atomic E-state index is 0.398. The van der Waals surface area contributed by atoms with E-state index >= 15 is 0 Å². The van der Waals surface area contributed by atoms with Crippen LogP contribution in [0.25, 0.3) is 10.8 Å². The lowest BCUT2D eigenvalue weighted by atomic mass is 10.1. The highest BCUT2D eigenvalue weighted by Gasteiger charge is 2.08. The highest BCUT2D eigenvalue weighted by molar-refractivity contribution is 7.15. The molecule has 0 aliphatic rings. The Morgan fingerprint density at radius 2 is 1.95 bits per heavy atom. The van der Waals surface area contributed by atoms with E-state index in [9.17, 15) is 0 Å². The highest BCUT2D eigenvalue weighted by atomic mass is 35.5. The SMILES string of the molecule is CCNc1nnc(COc2ccc(Cl)c3ccccc23)s1. The quantitative estimate of drug-likeness (QED) is 0.759. The summed E-state index contributed by atoms with van der Waals surface area (Å²) in [6.45, 7) is 3.25. The summed E-state index contributed by atoms with van der Waals surface area (Å²) in [5, 5.41) is 15.7. The molecule has 2 aromatic carbocycles. The molecule has 0 atom stereocenters. The van der Waals surface area contributed by atoms with Crippen LogP contribution in [0.3, 0.4) is 0 Å². The maximum Gasteiger partial charge on any atom is 0.205 e. The fourth-order valence-electron chi connectivity index (χ4n) is 2.03. The molecule has 0 amide bonds. The predicted octanol–water partition coefficient (Wildman–Crippen LogP) is 4.36. The van der Waals surface area contributed by atoms with Crippen LogP contribution in [0.4, 0.5) is 5.13 Å². The van der Waals surface area contributed by atoms with E-state index in [2.05, 4.69) is 15.5 Å². The van der Waals surface area contributed by atoms with Crippen LogP contribution in [-0.2, 0) is 6.61 Å². The Kier molecular flexibility index (Phi) is 4.22. The van der Waals surface area contributed by atoms with Crippen LogP contribution in [0, 0.1) is 0 Å². The maximum atomic E-state index is 6.20. The number of aromatic nitrogens is 2. The zero-order valence-corrected chi connectivity index (χ0v) is 13.0. The third kappa shape index (κ3) is 3.09. The van der Waals surface area contributed by atoms with Crippen LogP contribution in [0.15, 0.2) is 36.4 Å². The number of halogens is 1. The van der Waals surface area contributed by atoms with Gasteiger partial charge in [-0.05, 0) is 19.1 Å². The van der Waals surface area contributed by atoms with Crippen molar-refractivity contribution >= 4 is 38.8 Å². The highest BCUT2D eigenvalue weighted by Crippen LogP contribution is 2.31. The first kappa shape index (κ1) is 14.1. The van der Waals surface area contributed by atoms with E-state index in [1.165, 1.54) is 11.3 Å². The minimum absolute atomic E-state index is 0.398. The molecule has 0 saturated heterocycles. The van der Waals surface area contributed by atoms with E-state index in [1.807, 2.05) is 43.3 Å². The lowest BCUT2D eigenvalue weighted by molar-refractivity contribution is 0.308. The topological polar surface area (TPSA) is 47.0 Å². The molecule has 0 saturated carbocycles. The monoisotopic (exact) mass is 319 g/mol. The summed E-state index contributed by atoms with van der Waals surface area (Å²) >= 11 is 7.70. The second kappa shape index (κ2) is 6.28. The molecule has 4 nitrogen and oxygen atoms in total. The molecule has 0 bridgehead atoms. The fourth-order valence-corrected chi connectivity index (χ4v) is 2.98. The van der Waals surface area contributed by atoms with Gasteiger partial charge in [0.1, 0.15) is 12.4 Å². The first-order valence-corrected chi connectivity index (χ1v) is 7.83. The molecule has 6 heteroatoms. The van der Waals surface area contributed by atoms with Gasteiger partial charge < -0.3 is 10.1 Å². The first-order chi connectivity index (χ1) is 10.3. The average molecular weight is 320 g/mol. The van der Waals surface area contributed by atoms with Gasteiger partial charge in [0.2, 0.25) is 5.13 Å².